The van der Waals surface area contributed by atoms with Gasteiger partial charge in [0.2, 0.25) is 5.91 Å². The van der Waals surface area contributed by atoms with Crippen LogP contribution in [0.5, 0.6) is 0 Å². The summed E-state index contributed by atoms with van der Waals surface area (Å²) in [6, 6.07) is 4.19. The molecule has 0 saturated heterocycles. The number of nitrogens with two attached hydrogens (primary N) is 1. The first kappa shape index (κ1) is 15.1. The van der Waals surface area contributed by atoms with Gasteiger partial charge in [0, 0.05) is 17.3 Å². The zero-order valence-electron chi connectivity index (χ0n) is 10.8. The van der Waals surface area contributed by atoms with E-state index in [4.69, 9.17) is 18.0 Å². The number of rotatable bonds is 7. The second-order valence-corrected chi connectivity index (χ2v) is 5.94. The first-order valence-corrected chi connectivity index (χ1v) is 7.45. The van der Waals surface area contributed by atoms with Crippen LogP contribution in [0.25, 0.3) is 0 Å². The van der Waals surface area contributed by atoms with E-state index in [1.807, 2.05) is 25.3 Å². The minimum absolute atomic E-state index is 0.0478. The van der Waals surface area contributed by atoms with Crippen molar-refractivity contribution in [3.63, 3.8) is 0 Å². The minimum Gasteiger partial charge on any atom is -0.393 e. The molecule has 1 aromatic rings. The Morgan fingerprint density at radius 3 is 2.83 bits per heavy atom. The fraction of sp³-hybridized carbons (Fsp3) is 0.538. The van der Waals surface area contributed by atoms with E-state index in [1.54, 1.807) is 11.3 Å². The third-order valence-corrected chi connectivity index (χ3v) is 3.90. The van der Waals surface area contributed by atoms with Crippen LogP contribution in [0, 0.1) is 5.92 Å². The van der Waals surface area contributed by atoms with Crippen molar-refractivity contribution in [1.29, 1.82) is 0 Å². The number of thiocarbonyl (C=S) groups is 1. The molecule has 0 aromatic carbocycles. The molecule has 0 radical (unpaired) electrons. The Morgan fingerprint density at radius 1 is 1.61 bits per heavy atom. The topological polar surface area (TPSA) is 55.1 Å². The van der Waals surface area contributed by atoms with Crippen molar-refractivity contribution in [1.82, 2.24) is 5.32 Å². The van der Waals surface area contributed by atoms with E-state index in [-0.39, 0.29) is 22.9 Å². The van der Waals surface area contributed by atoms with E-state index in [1.165, 1.54) is 4.88 Å². The molecule has 1 aromatic heterocycles. The Kier molecular flexibility index (Phi) is 6.29. The van der Waals surface area contributed by atoms with E-state index in [9.17, 15) is 4.79 Å². The molecular formula is C13H20N2OS2. The third-order valence-electron chi connectivity index (χ3n) is 2.71. The van der Waals surface area contributed by atoms with Crippen LogP contribution < -0.4 is 11.1 Å². The SMILES string of the molecule is CCCC(C(=O)NC(C)Cc1cccs1)C(N)=S. The lowest BCUT2D eigenvalue weighted by Crippen LogP contribution is -2.42. The molecule has 100 valence electrons. The summed E-state index contributed by atoms with van der Waals surface area (Å²) in [5.41, 5.74) is 5.61. The summed E-state index contributed by atoms with van der Waals surface area (Å²) in [6.07, 6.45) is 2.46. The summed E-state index contributed by atoms with van der Waals surface area (Å²) in [5.74, 6) is -0.385. The average Bonchev–Trinajstić information content (AvgIpc) is 2.77. The molecule has 0 bridgehead atoms. The highest BCUT2D eigenvalue weighted by Gasteiger charge is 2.21. The third kappa shape index (κ3) is 4.74. The fourth-order valence-corrected chi connectivity index (χ4v) is 2.88. The fourth-order valence-electron chi connectivity index (χ4n) is 1.82. The van der Waals surface area contributed by atoms with Gasteiger partial charge in [0.25, 0.3) is 0 Å². The van der Waals surface area contributed by atoms with Gasteiger partial charge < -0.3 is 11.1 Å². The lowest BCUT2D eigenvalue weighted by atomic mass is 10.0. The molecule has 2 unspecified atom stereocenters. The van der Waals surface area contributed by atoms with Crippen LogP contribution in [-0.2, 0) is 11.2 Å². The van der Waals surface area contributed by atoms with Gasteiger partial charge in [-0.25, -0.2) is 0 Å². The zero-order chi connectivity index (χ0) is 13.5. The maximum absolute atomic E-state index is 12.0. The van der Waals surface area contributed by atoms with E-state index < -0.39 is 0 Å². The highest BCUT2D eigenvalue weighted by Crippen LogP contribution is 2.12. The molecule has 2 atom stereocenters. The van der Waals surface area contributed by atoms with Crippen molar-refractivity contribution in [3.05, 3.63) is 22.4 Å². The number of carbonyl (C=O) groups excluding carboxylic acids is 1. The van der Waals surface area contributed by atoms with Gasteiger partial charge in [-0.2, -0.15) is 0 Å². The summed E-state index contributed by atoms with van der Waals surface area (Å²) < 4.78 is 0. The molecule has 0 aliphatic rings. The van der Waals surface area contributed by atoms with Crippen LogP contribution in [0.1, 0.15) is 31.6 Å². The highest BCUT2D eigenvalue weighted by atomic mass is 32.1. The summed E-state index contributed by atoms with van der Waals surface area (Å²) in [5, 5.41) is 5.03. The molecule has 0 aliphatic carbocycles. The summed E-state index contributed by atoms with van der Waals surface area (Å²) in [4.78, 5) is 13.6. The number of carbonyl (C=O) groups is 1. The molecule has 5 heteroatoms. The molecule has 1 rings (SSSR count). The van der Waals surface area contributed by atoms with Gasteiger partial charge in [-0.3, -0.25) is 4.79 Å². The Morgan fingerprint density at radius 2 is 2.33 bits per heavy atom. The second-order valence-electron chi connectivity index (χ2n) is 4.44. The van der Waals surface area contributed by atoms with Crippen molar-refractivity contribution in [2.45, 2.75) is 39.2 Å². The van der Waals surface area contributed by atoms with Gasteiger partial charge in [-0.15, -0.1) is 11.3 Å². The highest BCUT2D eigenvalue weighted by molar-refractivity contribution is 7.80. The Balaban J connectivity index is 2.49. The van der Waals surface area contributed by atoms with Crippen molar-refractivity contribution in [2.24, 2.45) is 11.7 Å². The van der Waals surface area contributed by atoms with Crippen molar-refractivity contribution < 1.29 is 4.79 Å². The first-order chi connectivity index (χ1) is 8.54. The smallest absolute Gasteiger partial charge is 0.230 e. The summed E-state index contributed by atoms with van der Waals surface area (Å²) in [7, 11) is 0. The van der Waals surface area contributed by atoms with Crippen LogP contribution >= 0.6 is 23.6 Å². The largest absolute Gasteiger partial charge is 0.393 e. The second kappa shape index (κ2) is 7.48. The van der Waals surface area contributed by atoms with Crippen molar-refractivity contribution >= 4 is 34.5 Å². The molecule has 0 fully saturated rings. The van der Waals surface area contributed by atoms with Gasteiger partial charge in [0.05, 0.1) is 10.9 Å². The first-order valence-electron chi connectivity index (χ1n) is 6.16. The maximum atomic E-state index is 12.0. The molecule has 1 amide bonds. The molecule has 18 heavy (non-hydrogen) atoms. The van der Waals surface area contributed by atoms with Crippen LogP contribution in [-0.4, -0.2) is 16.9 Å². The zero-order valence-corrected chi connectivity index (χ0v) is 12.4. The average molecular weight is 284 g/mol. The molecular weight excluding hydrogens is 264 g/mol. The molecule has 3 nitrogen and oxygen atoms in total. The van der Waals surface area contributed by atoms with Gasteiger partial charge in [0.1, 0.15) is 0 Å². The maximum Gasteiger partial charge on any atom is 0.230 e. The predicted octanol–water partition coefficient (Wildman–Crippen LogP) is 2.50. The molecule has 0 aliphatic heterocycles. The number of hydrogen-bond acceptors (Lipinski definition) is 3. The number of nitrogens with one attached hydrogen (secondary N) is 1. The van der Waals surface area contributed by atoms with Crippen LogP contribution in [0.4, 0.5) is 0 Å². The van der Waals surface area contributed by atoms with Gasteiger partial charge in [-0.05, 0) is 24.8 Å². The molecule has 3 N–H and O–H groups in total. The molecule has 0 saturated carbocycles. The molecule has 0 spiro atoms. The van der Waals surface area contributed by atoms with Crippen LogP contribution in [0.2, 0.25) is 0 Å². The number of amides is 1. The lowest BCUT2D eigenvalue weighted by molar-refractivity contribution is -0.123. The quantitative estimate of drug-likeness (QED) is 0.756. The monoisotopic (exact) mass is 284 g/mol. The normalized spacial score (nSPS) is 13.9. The lowest BCUT2D eigenvalue weighted by Gasteiger charge is -2.18. The van der Waals surface area contributed by atoms with E-state index in [2.05, 4.69) is 11.4 Å². The Bertz CT molecular complexity index is 390. The van der Waals surface area contributed by atoms with Crippen LogP contribution in [0.3, 0.4) is 0 Å². The van der Waals surface area contributed by atoms with Crippen molar-refractivity contribution in [3.8, 4) is 0 Å². The standard InChI is InChI=1S/C13H20N2OS2/c1-3-5-11(12(14)17)13(16)15-9(2)8-10-6-4-7-18-10/h4,6-7,9,11H,3,5,8H2,1-2H3,(H2,14,17)(H,15,16). The predicted molar refractivity (Wildman–Crippen MR) is 80.8 cm³/mol. The Labute approximate surface area is 118 Å². The van der Waals surface area contributed by atoms with Gasteiger partial charge in [-0.1, -0.05) is 31.6 Å². The minimum atomic E-state index is -0.337. The molecule has 1 heterocycles. The Hall–Kier alpha value is -0.940. The summed E-state index contributed by atoms with van der Waals surface area (Å²) >= 11 is 6.65. The summed E-state index contributed by atoms with van der Waals surface area (Å²) in [6.45, 7) is 4.02. The van der Waals surface area contributed by atoms with E-state index >= 15 is 0 Å². The van der Waals surface area contributed by atoms with Gasteiger partial charge in [0.15, 0.2) is 0 Å². The number of thiophene rings is 1. The number of hydrogen-bond donors (Lipinski definition) is 2. The van der Waals surface area contributed by atoms with Crippen LogP contribution in [0.15, 0.2) is 17.5 Å². The van der Waals surface area contributed by atoms with Crippen molar-refractivity contribution in [2.75, 3.05) is 0 Å². The van der Waals surface area contributed by atoms with E-state index in [0.29, 0.717) is 6.42 Å². The van der Waals surface area contributed by atoms with E-state index in [0.717, 1.165) is 12.8 Å². The van der Waals surface area contributed by atoms with Gasteiger partial charge >= 0.3 is 0 Å².